The molecule has 21 heavy (non-hydrogen) atoms. The first kappa shape index (κ1) is 15.0. The van der Waals surface area contributed by atoms with Crippen molar-refractivity contribution in [2.24, 2.45) is 16.1 Å². The van der Waals surface area contributed by atoms with Crippen LogP contribution in [0.3, 0.4) is 0 Å². The van der Waals surface area contributed by atoms with Gasteiger partial charge in [0.15, 0.2) is 5.69 Å². The van der Waals surface area contributed by atoms with Crippen LogP contribution in [0, 0.1) is 17.2 Å². The average Bonchev–Trinajstić information content (AvgIpc) is 2.74. The summed E-state index contributed by atoms with van der Waals surface area (Å²) in [5, 5.41) is 27.9. The number of benzene rings is 1. The molecule has 0 saturated carbocycles. The average molecular weight is 284 g/mol. The van der Waals surface area contributed by atoms with Crippen molar-refractivity contribution in [2.45, 2.75) is 33.2 Å². The van der Waals surface area contributed by atoms with Crippen LogP contribution < -0.4 is 0 Å². The van der Waals surface area contributed by atoms with Crippen LogP contribution in [0.25, 0.3) is 10.9 Å². The van der Waals surface area contributed by atoms with Gasteiger partial charge in [0.05, 0.1) is 24.6 Å². The highest BCUT2D eigenvalue weighted by molar-refractivity contribution is 5.94. The Kier molecular flexibility index (Phi) is 4.94. The highest BCUT2D eigenvalue weighted by Gasteiger charge is 2.16. The molecule has 0 atom stereocenters. The van der Waals surface area contributed by atoms with Crippen molar-refractivity contribution in [3.63, 3.8) is 0 Å². The number of aromatic nitrogens is 1. The van der Waals surface area contributed by atoms with E-state index in [1.165, 1.54) is 0 Å². The molecule has 1 N–H and O–H groups in total. The molecule has 0 radical (unpaired) electrons. The first-order valence-electron chi connectivity index (χ1n) is 7.19. The van der Waals surface area contributed by atoms with Crippen LogP contribution in [0.1, 0.15) is 26.7 Å². The van der Waals surface area contributed by atoms with E-state index in [0.29, 0.717) is 24.6 Å². The maximum Gasteiger partial charge on any atom is 0.220 e. The van der Waals surface area contributed by atoms with Crippen molar-refractivity contribution in [3.05, 3.63) is 24.3 Å². The topological polar surface area (TPSA) is 73.7 Å². The molecule has 1 heterocycles. The smallest absolute Gasteiger partial charge is 0.220 e. The number of para-hydroxylation sites is 1. The standard InChI is InChI=1S/C16H20N4O/c1-12(2)8-11-20-14-7-4-3-6-13(14)15(16(20)21)19-18-10-5-9-17/h3-4,6-7,12,21H,5,8,10-11H2,1-2H3. The number of azo groups is 1. The van der Waals surface area contributed by atoms with E-state index in [2.05, 4.69) is 24.1 Å². The summed E-state index contributed by atoms with van der Waals surface area (Å²) in [5.74, 6) is 0.712. The summed E-state index contributed by atoms with van der Waals surface area (Å²) in [4.78, 5) is 0. The van der Waals surface area contributed by atoms with Crippen molar-refractivity contribution in [2.75, 3.05) is 6.54 Å². The SMILES string of the molecule is CC(C)CCn1c(O)c(N=NCCC#N)c2ccccc21. The lowest BCUT2D eigenvalue weighted by molar-refractivity contribution is 0.407. The predicted octanol–water partition coefficient (Wildman–Crippen LogP) is 4.39. The maximum absolute atomic E-state index is 10.4. The van der Waals surface area contributed by atoms with E-state index in [-0.39, 0.29) is 5.88 Å². The molecule has 0 bridgehead atoms. The zero-order valence-corrected chi connectivity index (χ0v) is 12.5. The molecular weight excluding hydrogens is 264 g/mol. The summed E-state index contributed by atoms with van der Waals surface area (Å²) in [6.07, 6.45) is 1.31. The second-order valence-corrected chi connectivity index (χ2v) is 5.40. The zero-order valence-electron chi connectivity index (χ0n) is 12.5. The molecule has 0 aliphatic heterocycles. The van der Waals surface area contributed by atoms with Crippen LogP contribution >= 0.6 is 0 Å². The van der Waals surface area contributed by atoms with Crippen molar-refractivity contribution >= 4 is 16.6 Å². The molecule has 1 aromatic heterocycles. The third kappa shape index (κ3) is 3.40. The second-order valence-electron chi connectivity index (χ2n) is 5.40. The van der Waals surface area contributed by atoms with Crippen LogP contribution in [0.4, 0.5) is 5.69 Å². The Morgan fingerprint density at radius 1 is 1.33 bits per heavy atom. The summed E-state index contributed by atoms with van der Waals surface area (Å²) < 4.78 is 1.88. The Balaban J connectivity index is 2.38. The Labute approximate surface area is 124 Å². The molecule has 0 fully saturated rings. The molecule has 0 spiro atoms. The van der Waals surface area contributed by atoms with Gasteiger partial charge >= 0.3 is 0 Å². The van der Waals surface area contributed by atoms with Crippen LogP contribution in [0.5, 0.6) is 5.88 Å². The van der Waals surface area contributed by atoms with Crippen molar-refractivity contribution in [1.29, 1.82) is 5.26 Å². The number of aromatic hydroxyl groups is 1. The van der Waals surface area contributed by atoms with E-state index in [9.17, 15) is 5.11 Å². The van der Waals surface area contributed by atoms with Crippen molar-refractivity contribution in [1.82, 2.24) is 4.57 Å². The van der Waals surface area contributed by atoms with E-state index in [4.69, 9.17) is 5.26 Å². The van der Waals surface area contributed by atoms with Gasteiger partial charge in [0.1, 0.15) is 0 Å². The number of rotatable bonds is 6. The Morgan fingerprint density at radius 2 is 2.10 bits per heavy atom. The van der Waals surface area contributed by atoms with E-state index < -0.39 is 0 Å². The summed E-state index contributed by atoms with van der Waals surface area (Å²) in [6.45, 7) is 5.41. The Morgan fingerprint density at radius 3 is 2.81 bits per heavy atom. The van der Waals surface area contributed by atoms with Gasteiger partial charge in [-0.05, 0) is 18.4 Å². The Hall–Kier alpha value is -2.35. The van der Waals surface area contributed by atoms with E-state index in [1.54, 1.807) is 0 Å². The number of fused-ring (bicyclic) bond motifs is 1. The van der Waals surface area contributed by atoms with Crippen molar-refractivity contribution < 1.29 is 5.11 Å². The molecule has 5 nitrogen and oxygen atoms in total. The zero-order chi connectivity index (χ0) is 15.2. The normalized spacial score (nSPS) is 11.5. The summed E-state index contributed by atoms with van der Waals surface area (Å²) in [5.41, 5.74) is 1.46. The molecule has 110 valence electrons. The van der Waals surface area contributed by atoms with Crippen molar-refractivity contribution in [3.8, 4) is 11.9 Å². The van der Waals surface area contributed by atoms with Gasteiger partial charge in [-0.3, -0.25) is 0 Å². The monoisotopic (exact) mass is 284 g/mol. The fourth-order valence-electron chi connectivity index (χ4n) is 2.20. The summed E-state index contributed by atoms with van der Waals surface area (Å²) in [6, 6.07) is 9.80. The van der Waals surface area contributed by atoms with Gasteiger partial charge in [0.2, 0.25) is 5.88 Å². The number of nitrogens with zero attached hydrogens (tertiary/aromatic N) is 4. The molecule has 0 saturated heterocycles. The highest BCUT2D eigenvalue weighted by Crippen LogP contribution is 2.39. The minimum atomic E-state index is 0.151. The lowest BCUT2D eigenvalue weighted by Crippen LogP contribution is -2.00. The van der Waals surface area contributed by atoms with Gasteiger partial charge in [-0.1, -0.05) is 32.0 Å². The first-order chi connectivity index (χ1) is 10.1. The van der Waals surface area contributed by atoms with E-state index >= 15 is 0 Å². The lowest BCUT2D eigenvalue weighted by atomic mass is 10.1. The number of nitriles is 1. The minimum absolute atomic E-state index is 0.151. The molecule has 1 aromatic carbocycles. The molecule has 0 aliphatic carbocycles. The summed E-state index contributed by atoms with van der Waals surface area (Å²) in [7, 11) is 0. The maximum atomic E-state index is 10.4. The molecule has 0 unspecified atom stereocenters. The highest BCUT2D eigenvalue weighted by atomic mass is 16.3. The first-order valence-corrected chi connectivity index (χ1v) is 7.19. The van der Waals surface area contributed by atoms with Gasteiger partial charge < -0.3 is 9.67 Å². The molecule has 0 amide bonds. The molecule has 2 rings (SSSR count). The van der Waals surface area contributed by atoms with Gasteiger partial charge in [0.25, 0.3) is 0 Å². The Bertz CT molecular complexity index is 679. The third-order valence-corrected chi connectivity index (χ3v) is 3.34. The predicted molar refractivity (Wildman–Crippen MR) is 82.7 cm³/mol. The van der Waals surface area contributed by atoms with E-state index in [0.717, 1.165) is 23.9 Å². The molecular formula is C16H20N4O. The number of aryl methyl sites for hydroxylation is 1. The third-order valence-electron chi connectivity index (χ3n) is 3.34. The van der Waals surface area contributed by atoms with Crippen LogP contribution in [-0.2, 0) is 6.54 Å². The minimum Gasteiger partial charge on any atom is -0.493 e. The van der Waals surface area contributed by atoms with Gasteiger partial charge in [-0.2, -0.15) is 10.4 Å². The molecule has 2 aromatic rings. The van der Waals surface area contributed by atoms with Gasteiger partial charge in [-0.25, -0.2) is 0 Å². The van der Waals surface area contributed by atoms with Gasteiger partial charge in [0, 0.05) is 11.9 Å². The largest absolute Gasteiger partial charge is 0.493 e. The lowest BCUT2D eigenvalue weighted by Gasteiger charge is -2.08. The quantitative estimate of drug-likeness (QED) is 0.631. The number of hydrogen-bond acceptors (Lipinski definition) is 4. The van der Waals surface area contributed by atoms with E-state index in [1.807, 2.05) is 34.9 Å². The molecule has 0 aliphatic rings. The summed E-state index contributed by atoms with van der Waals surface area (Å²) >= 11 is 0. The number of hydrogen-bond donors (Lipinski definition) is 1. The fourth-order valence-corrected chi connectivity index (χ4v) is 2.20. The van der Waals surface area contributed by atoms with Crippen LogP contribution in [0.15, 0.2) is 34.5 Å². The van der Waals surface area contributed by atoms with Gasteiger partial charge in [-0.15, -0.1) is 5.11 Å². The van der Waals surface area contributed by atoms with Crippen LogP contribution in [0.2, 0.25) is 0 Å². The van der Waals surface area contributed by atoms with Crippen LogP contribution in [-0.4, -0.2) is 16.2 Å². The molecule has 5 heteroatoms. The fraction of sp³-hybridized carbons (Fsp3) is 0.438. The second kappa shape index (κ2) is 6.89.